The number of phenolic OH excluding ortho intramolecular Hbond substituents is 1. The molecule has 0 aliphatic carbocycles. The summed E-state index contributed by atoms with van der Waals surface area (Å²) in [6, 6.07) is 4.64. The molecule has 106 valence electrons. The van der Waals surface area contributed by atoms with E-state index < -0.39 is 0 Å². The first-order chi connectivity index (χ1) is 9.12. The minimum atomic E-state index is -0.175. The van der Waals surface area contributed by atoms with Crippen LogP contribution in [0.15, 0.2) is 18.2 Å². The maximum Gasteiger partial charge on any atom is 0.251 e. The summed E-state index contributed by atoms with van der Waals surface area (Å²) in [5.41, 5.74) is 0.437. The molecule has 0 aliphatic rings. The minimum absolute atomic E-state index is 0.0253. The van der Waals surface area contributed by atoms with E-state index in [1.807, 2.05) is 0 Å². The summed E-state index contributed by atoms with van der Waals surface area (Å²) in [7, 11) is 1.47. The number of alkyl halides is 1. The number of hydrogen-bond acceptors (Lipinski definition) is 3. The molecule has 0 saturated heterocycles. The van der Waals surface area contributed by atoms with Gasteiger partial charge in [-0.3, -0.25) is 4.79 Å². The zero-order valence-corrected chi connectivity index (χ0v) is 12.9. The van der Waals surface area contributed by atoms with Gasteiger partial charge in [0.05, 0.1) is 7.11 Å². The highest BCUT2D eigenvalue weighted by Crippen LogP contribution is 2.26. The average molecular weight is 330 g/mol. The number of hydrogen-bond donors (Lipinski definition) is 2. The van der Waals surface area contributed by atoms with Crippen LogP contribution in [-0.4, -0.2) is 30.0 Å². The number of phenols is 1. The summed E-state index contributed by atoms with van der Waals surface area (Å²) in [5.74, 6) is 0.631. The zero-order valence-electron chi connectivity index (χ0n) is 11.3. The van der Waals surface area contributed by atoms with Crippen molar-refractivity contribution in [3.05, 3.63) is 23.8 Å². The monoisotopic (exact) mass is 329 g/mol. The molecule has 0 heterocycles. The molecular formula is C14H20BrNO3. The fraction of sp³-hybridized carbons (Fsp3) is 0.500. The van der Waals surface area contributed by atoms with Crippen molar-refractivity contribution in [2.45, 2.75) is 19.8 Å². The number of methoxy groups -OCH3 is 1. The SMILES string of the molecule is CCC(CCBr)CNC(=O)c1ccc(OC)c(O)c1. The van der Waals surface area contributed by atoms with Crippen LogP contribution in [0.4, 0.5) is 0 Å². The van der Waals surface area contributed by atoms with Gasteiger partial charge in [-0.15, -0.1) is 0 Å². The van der Waals surface area contributed by atoms with Crippen molar-refractivity contribution in [2.75, 3.05) is 19.0 Å². The third-order valence-corrected chi connectivity index (χ3v) is 3.54. The van der Waals surface area contributed by atoms with E-state index >= 15 is 0 Å². The third-order valence-electron chi connectivity index (χ3n) is 3.09. The fourth-order valence-corrected chi connectivity index (χ4v) is 2.42. The van der Waals surface area contributed by atoms with Gasteiger partial charge in [-0.25, -0.2) is 0 Å². The lowest BCUT2D eigenvalue weighted by atomic mass is 10.0. The van der Waals surface area contributed by atoms with E-state index in [9.17, 15) is 9.90 Å². The summed E-state index contributed by atoms with van der Waals surface area (Å²) < 4.78 is 4.94. The van der Waals surface area contributed by atoms with Crippen LogP contribution in [0.2, 0.25) is 0 Å². The van der Waals surface area contributed by atoms with E-state index in [0.29, 0.717) is 23.8 Å². The van der Waals surface area contributed by atoms with E-state index in [1.54, 1.807) is 12.1 Å². The Bertz CT molecular complexity index is 423. The van der Waals surface area contributed by atoms with E-state index in [0.717, 1.165) is 18.2 Å². The standard InChI is InChI=1S/C14H20BrNO3/c1-3-10(6-7-15)9-16-14(18)11-4-5-13(19-2)12(17)8-11/h4-5,8,10,17H,3,6-7,9H2,1-2H3,(H,16,18). The zero-order chi connectivity index (χ0) is 14.3. The highest BCUT2D eigenvalue weighted by molar-refractivity contribution is 9.09. The number of amides is 1. The molecule has 1 unspecified atom stereocenters. The van der Waals surface area contributed by atoms with Gasteiger partial charge in [0.2, 0.25) is 0 Å². The molecule has 1 aromatic carbocycles. The second-order valence-electron chi connectivity index (χ2n) is 4.35. The van der Waals surface area contributed by atoms with Crippen molar-refractivity contribution >= 4 is 21.8 Å². The molecule has 19 heavy (non-hydrogen) atoms. The summed E-state index contributed by atoms with van der Waals surface area (Å²) in [4.78, 5) is 11.9. The van der Waals surface area contributed by atoms with Gasteiger partial charge in [-0.1, -0.05) is 29.3 Å². The van der Waals surface area contributed by atoms with Crippen LogP contribution < -0.4 is 10.1 Å². The first kappa shape index (κ1) is 15.8. The van der Waals surface area contributed by atoms with E-state index in [-0.39, 0.29) is 11.7 Å². The van der Waals surface area contributed by atoms with E-state index in [2.05, 4.69) is 28.2 Å². The second-order valence-corrected chi connectivity index (χ2v) is 5.14. The van der Waals surface area contributed by atoms with Crippen LogP contribution in [0.3, 0.4) is 0 Å². The first-order valence-electron chi connectivity index (χ1n) is 6.33. The Morgan fingerprint density at radius 1 is 1.53 bits per heavy atom. The van der Waals surface area contributed by atoms with Crippen molar-refractivity contribution in [3.8, 4) is 11.5 Å². The van der Waals surface area contributed by atoms with Crippen molar-refractivity contribution in [3.63, 3.8) is 0 Å². The number of ether oxygens (including phenoxy) is 1. The van der Waals surface area contributed by atoms with Crippen LogP contribution in [0.1, 0.15) is 30.1 Å². The molecule has 2 N–H and O–H groups in total. The van der Waals surface area contributed by atoms with E-state index in [1.165, 1.54) is 13.2 Å². The van der Waals surface area contributed by atoms with Crippen LogP contribution in [-0.2, 0) is 0 Å². The molecule has 1 amide bonds. The molecule has 0 aromatic heterocycles. The molecule has 0 spiro atoms. The average Bonchev–Trinajstić information content (AvgIpc) is 2.42. The molecular weight excluding hydrogens is 310 g/mol. The molecule has 0 aliphatic heterocycles. The van der Waals surface area contributed by atoms with Gasteiger partial charge < -0.3 is 15.2 Å². The highest BCUT2D eigenvalue weighted by Gasteiger charge is 2.11. The van der Waals surface area contributed by atoms with Crippen LogP contribution in [0.5, 0.6) is 11.5 Å². The minimum Gasteiger partial charge on any atom is -0.504 e. The van der Waals surface area contributed by atoms with E-state index in [4.69, 9.17) is 4.74 Å². The van der Waals surface area contributed by atoms with Crippen molar-refractivity contribution in [1.29, 1.82) is 0 Å². The summed E-state index contributed by atoms with van der Waals surface area (Å²) in [6.45, 7) is 2.76. The van der Waals surface area contributed by atoms with Gasteiger partial charge >= 0.3 is 0 Å². The van der Waals surface area contributed by atoms with Crippen LogP contribution >= 0.6 is 15.9 Å². The Balaban J connectivity index is 2.60. The van der Waals surface area contributed by atoms with Gasteiger partial charge in [0, 0.05) is 17.4 Å². The normalized spacial score (nSPS) is 11.9. The number of halogens is 1. The topological polar surface area (TPSA) is 58.6 Å². The Labute approximate surface area is 122 Å². The number of benzene rings is 1. The maximum absolute atomic E-state index is 11.9. The Kier molecular flexibility index (Phi) is 6.70. The van der Waals surface area contributed by atoms with Crippen LogP contribution in [0.25, 0.3) is 0 Å². The Hall–Kier alpha value is -1.23. The first-order valence-corrected chi connectivity index (χ1v) is 7.45. The quantitative estimate of drug-likeness (QED) is 0.756. The summed E-state index contributed by atoms with van der Waals surface area (Å²) >= 11 is 3.41. The Morgan fingerprint density at radius 2 is 2.26 bits per heavy atom. The molecule has 0 saturated carbocycles. The van der Waals surface area contributed by atoms with Gasteiger partial charge in [-0.2, -0.15) is 0 Å². The molecule has 0 bridgehead atoms. The second kappa shape index (κ2) is 8.04. The number of aromatic hydroxyl groups is 1. The lowest BCUT2D eigenvalue weighted by molar-refractivity contribution is 0.0946. The lowest BCUT2D eigenvalue weighted by Gasteiger charge is -2.14. The largest absolute Gasteiger partial charge is 0.504 e. The molecule has 4 nitrogen and oxygen atoms in total. The molecule has 1 aromatic rings. The maximum atomic E-state index is 11.9. The van der Waals surface area contributed by atoms with Gasteiger partial charge in [0.15, 0.2) is 11.5 Å². The molecule has 5 heteroatoms. The van der Waals surface area contributed by atoms with Crippen molar-refractivity contribution < 1.29 is 14.6 Å². The van der Waals surface area contributed by atoms with Crippen LogP contribution in [0, 0.1) is 5.92 Å². The predicted octanol–water partition coefficient (Wildman–Crippen LogP) is 2.94. The molecule has 0 fully saturated rings. The van der Waals surface area contributed by atoms with Gasteiger partial charge in [0.1, 0.15) is 0 Å². The molecule has 1 atom stereocenters. The number of carbonyl (C=O) groups excluding carboxylic acids is 1. The number of nitrogens with one attached hydrogen (secondary N) is 1. The molecule has 1 rings (SSSR count). The predicted molar refractivity (Wildman–Crippen MR) is 79.2 cm³/mol. The number of carbonyl (C=O) groups is 1. The Morgan fingerprint density at radius 3 is 2.79 bits per heavy atom. The number of rotatable bonds is 7. The fourth-order valence-electron chi connectivity index (χ4n) is 1.78. The smallest absolute Gasteiger partial charge is 0.251 e. The van der Waals surface area contributed by atoms with Gasteiger partial charge in [0.25, 0.3) is 5.91 Å². The summed E-state index contributed by atoms with van der Waals surface area (Å²) in [6.07, 6.45) is 2.06. The lowest BCUT2D eigenvalue weighted by Crippen LogP contribution is -2.29. The van der Waals surface area contributed by atoms with Crippen molar-refractivity contribution in [2.24, 2.45) is 5.92 Å². The third kappa shape index (κ3) is 4.74. The molecule has 0 radical (unpaired) electrons. The van der Waals surface area contributed by atoms with Gasteiger partial charge in [-0.05, 0) is 30.5 Å². The van der Waals surface area contributed by atoms with Crippen molar-refractivity contribution in [1.82, 2.24) is 5.32 Å². The highest BCUT2D eigenvalue weighted by atomic mass is 79.9. The summed E-state index contributed by atoms with van der Waals surface area (Å²) in [5, 5.41) is 13.5.